The first-order valence-electron chi connectivity index (χ1n) is 8.61. The van der Waals surface area contributed by atoms with Crippen LogP contribution in [0.25, 0.3) is 0 Å². The van der Waals surface area contributed by atoms with Crippen molar-refractivity contribution < 1.29 is 9.59 Å². The second-order valence-corrected chi connectivity index (χ2v) is 6.76. The average Bonchev–Trinajstić information content (AvgIpc) is 3.17. The summed E-state index contributed by atoms with van der Waals surface area (Å²) in [5, 5.41) is 5.83. The van der Waals surface area contributed by atoms with Crippen LogP contribution in [0.3, 0.4) is 0 Å². The maximum absolute atomic E-state index is 12.3. The summed E-state index contributed by atoms with van der Waals surface area (Å²) < 4.78 is 0. The molecule has 0 aliphatic carbocycles. The van der Waals surface area contributed by atoms with Crippen LogP contribution in [0, 0.1) is 6.92 Å². The van der Waals surface area contributed by atoms with E-state index in [9.17, 15) is 9.59 Å². The van der Waals surface area contributed by atoms with Crippen molar-refractivity contribution in [2.45, 2.75) is 19.8 Å². The number of likely N-dealkylation sites (tertiary alicyclic amines) is 1. The molecular weight excluding hydrogens is 346 g/mol. The van der Waals surface area contributed by atoms with E-state index in [0.717, 1.165) is 37.2 Å². The smallest absolute Gasteiger partial charge is 0.257 e. The summed E-state index contributed by atoms with van der Waals surface area (Å²) >= 11 is 5.19. The fourth-order valence-corrected chi connectivity index (χ4v) is 3.05. The lowest BCUT2D eigenvalue weighted by Crippen LogP contribution is -2.34. The van der Waals surface area contributed by atoms with Crippen LogP contribution in [0.15, 0.2) is 48.5 Å². The highest BCUT2D eigenvalue weighted by Crippen LogP contribution is 2.15. The zero-order valence-electron chi connectivity index (χ0n) is 14.6. The van der Waals surface area contributed by atoms with E-state index in [2.05, 4.69) is 10.6 Å². The molecule has 0 unspecified atom stereocenters. The summed E-state index contributed by atoms with van der Waals surface area (Å²) in [6, 6.07) is 14.4. The van der Waals surface area contributed by atoms with E-state index in [4.69, 9.17) is 12.2 Å². The minimum atomic E-state index is -0.261. The average molecular weight is 367 g/mol. The van der Waals surface area contributed by atoms with Crippen molar-refractivity contribution >= 4 is 34.8 Å². The highest BCUT2D eigenvalue weighted by Gasteiger charge is 2.19. The fourth-order valence-electron chi connectivity index (χ4n) is 2.84. The van der Waals surface area contributed by atoms with Crippen LogP contribution in [0.2, 0.25) is 0 Å². The summed E-state index contributed by atoms with van der Waals surface area (Å²) in [5.41, 5.74) is 3.02. The minimum absolute atomic E-state index is 0.0595. The molecule has 5 nitrogen and oxygen atoms in total. The van der Waals surface area contributed by atoms with Crippen molar-refractivity contribution in [3.63, 3.8) is 0 Å². The van der Waals surface area contributed by atoms with Crippen LogP contribution in [0.5, 0.6) is 0 Å². The Labute approximate surface area is 158 Å². The zero-order chi connectivity index (χ0) is 18.5. The monoisotopic (exact) mass is 367 g/mol. The molecule has 1 heterocycles. The maximum Gasteiger partial charge on any atom is 0.257 e. The molecule has 2 aromatic carbocycles. The molecular formula is C20H21N3O2S. The molecule has 26 heavy (non-hydrogen) atoms. The Balaban J connectivity index is 1.56. The van der Waals surface area contributed by atoms with Gasteiger partial charge >= 0.3 is 0 Å². The van der Waals surface area contributed by atoms with Crippen LogP contribution in [0.1, 0.15) is 39.1 Å². The lowest BCUT2D eigenvalue weighted by Gasteiger charge is -2.15. The summed E-state index contributed by atoms with van der Waals surface area (Å²) in [7, 11) is 0. The molecule has 0 radical (unpaired) electrons. The third-order valence-corrected chi connectivity index (χ3v) is 4.53. The Kier molecular flexibility index (Phi) is 5.63. The summed E-state index contributed by atoms with van der Waals surface area (Å²) in [6.45, 7) is 3.62. The molecule has 0 aromatic heterocycles. The van der Waals surface area contributed by atoms with Gasteiger partial charge in [0, 0.05) is 29.9 Å². The molecule has 1 fully saturated rings. The number of carbonyl (C=O) groups is 2. The van der Waals surface area contributed by atoms with Gasteiger partial charge in [-0.2, -0.15) is 0 Å². The Morgan fingerprint density at radius 1 is 0.923 bits per heavy atom. The first-order chi connectivity index (χ1) is 12.5. The van der Waals surface area contributed by atoms with Crippen molar-refractivity contribution in [2.75, 3.05) is 18.4 Å². The van der Waals surface area contributed by atoms with E-state index < -0.39 is 0 Å². The van der Waals surface area contributed by atoms with E-state index in [0.29, 0.717) is 11.1 Å². The SMILES string of the molecule is Cc1ccc(C(=O)NC(=S)Nc2ccc(C(=O)N3CCCC3)cc2)cc1. The molecule has 0 bridgehead atoms. The van der Waals surface area contributed by atoms with Crippen LogP contribution < -0.4 is 10.6 Å². The Bertz CT molecular complexity index is 810. The van der Waals surface area contributed by atoms with Gasteiger partial charge in [-0.25, -0.2) is 0 Å². The van der Waals surface area contributed by atoms with Crippen LogP contribution in [0.4, 0.5) is 5.69 Å². The number of carbonyl (C=O) groups excluding carboxylic acids is 2. The van der Waals surface area contributed by atoms with Crippen LogP contribution in [-0.2, 0) is 0 Å². The highest BCUT2D eigenvalue weighted by atomic mass is 32.1. The van der Waals surface area contributed by atoms with Gasteiger partial charge in [-0.1, -0.05) is 17.7 Å². The standard InChI is InChI=1S/C20H21N3O2S/c1-14-4-6-15(7-5-14)18(24)22-20(26)21-17-10-8-16(9-11-17)19(25)23-12-2-3-13-23/h4-11H,2-3,12-13H2,1H3,(H2,21,22,24,26). The number of hydrogen-bond acceptors (Lipinski definition) is 3. The van der Waals surface area contributed by atoms with Crippen LogP contribution >= 0.6 is 12.2 Å². The maximum atomic E-state index is 12.3. The second-order valence-electron chi connectivity index (χ2n) is 6.35. The Morgan fingerprint density at radius 3 is 2.12 bits per heavy atom. The molecule has 3 rings (SSSR count). The molecule has 0 saturated carbocycles. The van der Waals surface area contributed by atoms with Gasteiger partial charge < -0.3 is 10.2 Å². The number of anilines is 1. The van der Waals surface area contributed by atoms with Gasteiger partial charge in [0.05, 0.1) is 0 Å². The van der Waals surface area contributed by atoms with Crippen molar-refractivity contribution in [1.29, 1.82) is 0 Å². The van der Waals surface area contributed by atoms with Gasteiger partial charge in [-0.05, 0) is 68.4 Å². The molecule has 1 aliphatic heterocycles. The zero-order valence-corrected chi connectivity index (χ0v) is 15.4. The van der Waals surface area contributed by atoms with Crippen LogP contribution in [-0.4, -0.2) is 34.9 Å². The number of thiocarbonyl (C=S) groups is 1. The topological polar surface area (TPSA) is 61.4 Å². The quantitative estimate of drug-likeness (QED) is 0.817. The van der Waals surface area contributed by atoms with Gasteiger partial charge in [0.15, 0.2) is 5.11 Å². The molecule has 2 N–H and O–H groups in total. The number of nitrogens with one attached hydrogen (secondary N) is 2. The predicted molar refractivity (Wildman–Crippen MR) is 106 cm³/mol. The van der Waals surface area contributed by atoms with E-state index in [1.165, 1.54) is 0 Å². The molecule has 2 amide bonds. The predicted octanol–water partition coefficient (Wildman–Crippen LogP) is 3.36. The van der Waals surface area contributed by atoms with Gasteiger partial charge in [0.2, 0.25) is 0 Å². The Hall–Kier alpha value is -2.73. The molecule has 2 aromatic rings. The van der Waals surface area contributed by atoms with Gasteiger partial charge in [0.25, 0.3) is 11.8 Å². The lowest BCUT2D eigenvalue weighted by atomic mass is 10.1. The molecule has 0 spiro atoms. The second kappa shape index (κ2) is 8.10. The van der Waals surface area contributed by atoms with E-state index in [1.807, 2.05) is 24.0 Å². The largest absolute Gasteiger partial charge is 0.339 e. The summed E-state index contributed by atoms with van der Waals surface area (Å²) in [6.07, 6.45) is 2.14. The Morgan fingerprint density at radius 2 is 1.50 bits per heavy atom. The molecule has 1 saturated heterocycles. The fraction of sp³-hybridized carbons (Fsp3) is 0.250. The van der Waals surface area contributed by atoms with Gasteiger partial charge in [0.1, 0.15) is 0 Å². The minimum Gasteiger partial charge on any atom is -0.339 e. The lowest BCUT2D eigenvalue weighted by molar-refractivity contribution is 0.0792. The number of benzene rings is 2. The first-order valence-corrected chi connectivity index (χ1v) is 9.02. The highest BCUT2D eigenvalue weighted by molar-refractivity contribution is 7.80. The third-order valence-electron chi connectivity index (χ3n) is 4.32. The normalized spacial score (nSPS) is 13.3. The van der Waals surface area contributed by atoms with E-state index in [-0.39, 0.29) is 16.9 Å². The summed E-state index contributed by atoms with van der Waals surface area (Å²) in [4.78, 5) is 26.4. The van der Waals surface area contributed by atoms with Gasteiger partial charge in [-0.3, -0.25) is 14.9 Å². The van der Waals surface area contributed by atoms with Crippen molar-refractivity contribution in [3.05, 3.63) is 65.2 Å². The van der Waals surface area contributed by atoms with Crippen molar-refractivity contribution in [3.8, 4) is 0 Å². The third kappa shape index (κ3) is 4.46. The first kappa shape index (κ1) is 18.1. The number of amides is 2. The molecule has 1 aliphatic rings. The number of rotatable bonds is 3. The summed E-state index contributed by atoms with van der Waals surface area (Å²) in [5.74, 6) is -0.201. The van der Waals surface area contributed by atoms with Gasteiger partial charge in [-0.15, -0.1) is 0 Å². The van der Waals surface area contributed by atoms with E-state index in [1.54, 1.807) is 36.4 Å². The number of nitrogens with zero attached hydrogens (tertiary/aromatic N) is 1. The van der Waals surface area contributed by atoms with E-state index >= 15 is 0 Å². The number of aryl methyl sites for hydroxylation is 1. The van der Waals surface area contributed by atoms with Crippen molar-refractivity contribution in [1.82, 2.24) is 10.2 Å². The molecule has 6 heteroatoms. The van der Waals surface area contributed by atoms with Crippen molar-refractivity contribution in [2.24, 2.45) is 0 Å². The number of hydrogen-bond donors (Lipinski definition) is 2. The molecule has 0 atom stereocenters. The molecule has 134 valence electrons.